The Balaban J connectivity index is 1.97. The predicted molar refractivity (Wildman–Crippen MR) is 97.8 cm³/mol. The van der Waals surface area contributed by atoms with Crippen LogP contribution >= 0.6 is 11.8 Å². The summed E-state index contributed by atoms with van der Waals surface area (Å²) in [5.41, 5.74) is 1.23. The molecule has 8 nitrogen and oxygen atoms in total. The van der Waals surface area contributed by atoms with Gasteiger partial charge in [-0.2, -0.15) is 0 Å². The van der Waals surface area contributed by atoms with Crippen LogP contribution in [0.25, 0.3) is 11.2 Å². The van der Waals surface area contributed by atoms with Gasteiger partial charge in [-0.1, -0.05) is 37.2 Å². The zero-order valence-electron chi connectivity index (χ0n) is 14.7. The molecule has 0 aliphatic heterocycles. The van der Waals surface area contributed by atoms with Gasteiger partial charge >= 0.3 is 0 Å². The fourth-order valence-electron chi connectivity index (χ4n) is 3.00. The molecule has 3 atom stereocenters. The number of aliphatic hydroxyl groups is 2. The molecule has 1 aliphatic rings. The van der Waals surface area contributed by atoms with Gasteiger partial charge in [0.2, 0.25) is 0 Å². The first-order valence-corrected chi connectivity index (χ1v) is 10.00. The molecule has 0 amide bonds. The third kappa shape index (κ3) is 3.88. The Kier molecular flexibility index (Phi) is 6.08. The number of aromatic nitrogens is 5. The normalized spacial score (nSPS) is 23.4. The third-order valence-electron chi connectivity index (χ3n) is 4.42. The van der Waals surface area contributed by atoms with E-state index in [1.54, 1.807) is 16.4 Å². The molecule has 138 valence electrons. The number of unbranched alkanes of at least 4 members (excludes halogenated alkanes) is 1. The Morgan fingerprint density at radius 1 is 1.20 bits per heavy atom. The predicted octanol–water partition coefficient (Wildman–Crippen LogP) is 1.99. The summed E-state index contributed by atoms with van der Waals surface area (Å²) in [5, 5.41) is 32.6. The first-order valence-electron chi connectivity index (χ1n) is 9.01. The molecule has 0 spiro atoms. The minimum absolute atomic E-state index is 0.303. The molecule has 0 bridgehead atoms. The first kappa shape index (κ1) is 18.3. The largest absolute Gasteiger partial charge is 0.390 e. The molecule has 2 heterocycles. The second-order valence-corrected chi connectivity index (χ2v) is 7.45. The summed E-state index contributed by atoms with van der Waals surface area (Å²) in [6, 6.07) is -0.303. The van der Waals surface area contributed by atoms with Crippen molar-refractivity contribution in [2.75, 3.05) is 17.6 Å². The lowest BCUT2D eigenvalue weighted by atomic mass is 10.2. The van der Waals surface area contributed by atoms with E-state index in [0.29, 0.717) is 35.0 Å². The van der Waals surface area contributed by atoms with Gasteiger partial charge in [0.05, 0.1) is 12.1 Å². The summed E-state index contributed by atoms with van der Waals surface area (Å²) in [6.45, 7) is 5.08. The third-order valence-corrected chi connectivity index (χ3v) is 5.48. The molecule has 25 heavy (non-hydrogen) atoms. The number of rotatable bonds is 8. The molecule has 3 rings (SSSR count). The van der Waals surface area contributed by atoms with E-state index in [2.05, 4.69) is 39.4 Å². The maximum absolute atomic E-state index is 10.2. The van der Waals surface area contributed by atoms with Crippen LogP contribution in [0.1, 0.15) is 52.0 Å². The highest BCUT2D eigenvalue weighted by Crippen LogP contribution is 2.33. The summed E-state index contributed by atoms with van der Waals surface area (Å²) < 4.78 is 1.65. The van der Waals surface area contributed by atoms with E-state index in [4.69, 9.17) is 0 Å². The summed E-state index contributed by atoms with van der Waals surface area (Å²) in [7, 11) is 0. The Labute approximate surface area is 151 Å². The van der Waals surface area contributed by atoms with Crippen molar-refractivity contribution in [3.8, 4) is 0 Å². The molecule has 0 aromatic carbocycles. The van der Waals surface area contributed by atoms with E-state index >= 15 is 0 Å². The lowest BCUT2D eigenvalue weighted by Crippen LogP contribution is -2.28. The number of nitrogens with one attached hydrogen (secondary N) is 1. The number of fused-ring (bicyclic) bond motifs is 1. The highest BCUT2D eigenvalue weighted by atomic mass is 32.2. The van der Waals surface area contributed by atoms with Gasteiger partial charge in [0, 0.05) is 12.3 Å². The van der Waals surface area contributed by atoms with Gasteiger partial charge in [-0.3, -0.25) is 0 Å². The van der Waals surface area contributed by atoms with Crippen molar-refractivity contribution >= 4 is 28.7 Å². The van der Waals surface area contributed by atoms with E-state index in [1.165, 1.54) is 0 Å². The number of aliphatic hydroxyl groups excluding tert-OH is 2. The Morgan fingerprint density at radius 3 is 2.72 bits per heavy atom. The van der Waals surface area contributed by atoms with E-state index in [0.717, 1.165) is 31.6 Å². The molecule has 0 saturated heterocycles. The molecule has 2 aromatic rings. The second kappa shape index (κ2) is 8.29. The van der Waals surface area contributed by atoms with Gasteiger partial charge in [-0.05, 0) is 25.7 Å². The van der Waals surface area contributed by atoms with Gasteiger partial charge in [0.1, 0.15) is 6.10 Å². The van der Waals surface area contributed by atoms with Gasteiger partial charge < -0.3 is 15.5 Å². The van der Waals surface area contributed by atoms with Crippen molar-refractivity contribution in [3.05, 3.63) is 0 Å². The summed E-state index contributed by atoms with van der Waals surface area (Å²) >= 11 is 1.60. The van der Waals surface area contributed by atoms with Crippen molar-refractivity contribution < 1.29 is 10.2 Å². The van der Waals surface area contributed by atoms with Crippen LogP contribution in [0.5, 0.6) is 0 Å². The molecule has 1 aliphatic carbocycles. The molecule has 3 N–H and O–H groups in total. The SMILES string of the molecule is CCCCNc1nc(SCCC)nc2c1nnn2[C@@H]1CC[C@@H](O)[C@H]1O. The molecular formula is C16H26N6O2S. The average Bonchev–Trinajstić information content (AvgIpc) is 3.17. The monoisotopic (exact) mass is 366 g/mol. The average molecular weight is 366 g/mol. The number of hydrogen-bond acceptors (Lipinski definition) is 8. The van der Waals surface area contributed by atoms with Crippen LogP contribution in [0.15, 0.2) is 5.16 Å². The van der Waals surface area contributed by atoms with Gasteiger partial charge in [-0.25, -0.2) is 14.6 Å². The van der Waals surface area contributed by atoms with Crippen molar-refractivity contribution in [2.45, 2.75) is 69.4 Å². The van der Waals surface area contributed by atoms with Crippen LogP contribution in [0, 0.1) is 0 Å². The smallest absolute Gasteiger partial charge is 0.191 e. The summed E-state index contributed by atoms with van der Waals surface area (Å²) in [6.07, 6.45) is 2.82. The number of nitrogens with zero attached hydrogens (tertiary/aromatic N) is 5. The van der Waals surface area contributed by atoms with Gasteiger partial charge in [-0.15, -0.1) is 5.10 Å². The van der Waals surface area contributed by atoms with Crippen molar-refractivity contribution in [1.29, 1.82) is 0 Å². The summed E-state index contributed by atoms with van der Waals surface area (Å²) in [5.74, 6) is 1.63. The highest BCUT2D eigenvalue weighted by molar-refractivity contribution is 7.99. The Bertz CT molecular complexity index is 709. The number of anilines is 1. The van der Waals surface area contributed by atoms with Crippen molar-refractivity contribution in [1.82, 2.24) is 25.0 Å². The maximum atomic E-state index is 10.2. The zero-order chi connectivity index (χ0) is 17.8. The van der Waals surface area contributed by atoms with Crippen molar-refractivity contribution in [3.63, 3.8) is 0 Å². The quantitative estimate of drug-likeness (QED) is 0.370. The van der Waals surface area contributed by atoms with E-state index in [1.807, 2.05) is 0 Å². The number of hydrogen-bond donors (Lipinski definition) is 3. The van der Waals surface area contributed by atoms with Crippen molar-refractivity contribution in [2.24, 2.45) is 0 Å². The molecule has 0 radical (unpaired) electrons. The zero-order valence-corrected chi connectivity index (χ0v) is 15.5. The fourth-order valence-corrected chi connectivity index (χ4v) is 3.70. The van der Waals surface area contributed by atoms with Crippen LogP contribution in [0.3, 0.4) is 0 Å². The topological polar surface area (TPSA) is 109 Å². The van der Waals surface area contributed by atoms with E-state index in [9.17, 15) is 10.2 Å². The second-order valence-electron chi connectivity index (χ2n) is 6.39. The van der Waals surface area contributed by atoms with Crippen LogP contribution in [0.2, 0.25) is 0 Å². The molecule has 0 unspecified atom stereocenters. The lowest BCUT2D eigenvalue weighted by Gasteiger charge is -2.16. The van der Waals surface area contributed by atoms with E-state index in [-0.39, 0.29) is 6.04 Å². The lowest BCUT2D eigenvalue weighted by molar-refractivity contribution is 0.0215. The fraction of sp³-hybridized carbons (Fsp3) is 0.750. The minimum Gasteiger partial charge on any atom is -0.390 e. The molecule has 1 fully saturated rings. The standard InChI is InChI=1S/C16H26N6O2S/c1-3-5-8-17-14-12-15(19-16(18-14)25-9-4-2)22(21-20-12)10-6-7-11(23)13(10)24/h10-11,13,23-24H,3-9H2,1-2H3,(H,17,18,19)/t10-,11-,13+/m1/s1. The van der Waals surface area contributed by atoms with Gasteiger partial charge in [0.25, 0.3) is 0 Å². The Hall–Kier alpha value is -1.45. The number of thioether (sulfide) groups is 1. The van der Waals surface area contributed by atoms with Gasteiger partial charge in [0.15, 0.2) is 22.1 Å². The maximum Gasteiger partial charge on any atom is 0.191 e. The molecule has 2 aromatic heterocycles. The van der Waals surface area contributed by atoms with Crippen LogP contribution in [-0.4, -0.2) is 59.7 Å². The van der Waals surface area contributed by atoms with Crippen LogP contribution < -0.4 is 5.32 Å². The molecule has 1 saturated carbocycles. The minimum atomic E-state index is -0.844. The first-order chi connectivity index (χ1) is 12.2. The Morgan fingerprint density at radius 2 is 2.04 bits per heavy atom. The molecule has 9 heteroatoms. The van der Waals surface area contributed by atoms with Crippen LogP contribution in [-0.2, 0) is 0 Å². The summed E-state index contributed by atoms with van der Waals surface area (Å²) in [4.78, 5) is 9.22. The highest BCUT2D eigenvalue weighted by Gasteiger charge is 2.36. The van der Waals surface area contributed by atoms with Crippen LogP contribution in [0.4, 0.5) is 5.82 Å². The van der Waals surface area contributed by atoms with E-state index < -0.39 is 12.2 Å². The molecular weight excluding hydrogens is 340 g/mol.